The van der Waals surface area contributed by atoms with Gasteiger partial charge in [-0.1, -0.05) is 12.1 Å². The molecule has 0 radical (unpaired) electrons. The van der Waals surface area contributed by atoms with Gasteiger partial charge in [-0.15, -0.1) is 11.3 Å². The molecule has 26 heavy (non-hydrogen) atoms. The van der Waals surface area contributed by atoms with Crippen molar-refractivity contribution in [3.63, 3.8) is 0 Å². The van der Waals surface area contributed by atoms with Crippen LogP contribution in [0.15, 0.2) is 57.4 Å². The van der Waals surface area contributed by atoms with E-state index in [9.17, 15) is 13.5 Å². The zero-order chi connectivity index (χ0) is 18.2. The lowest BCUT2D eigenvalue weighted by atomic mass is 9.95. The van der Waals surface area contributed by atoms with Crippen LogP contribution in [-0.2, 0) is 15.6 Å². The minimum atomic E-state index is -3.87. The third kappa shape index (κ3) is 3.08. The second-order valence-corrected chi connectivity index (χ2v) is 9.55. The number of hydrogen-bond acceptors (Lipinski definition) is 8. The molecule has 3 heterocycles. The number of hydrogen-bond donors (Lipinski definition) is 2. The van der Waals surface area contributed by atoms with Gasteiger partial charge >= 0.3 is 0 Å². The minimum Gasteiger partial charge on any atom is -0.378 e. The summed E-state index contributed by atoms with van der Waals surface area (Å²) >= 11 is 3.79. The van der Waals surface area contributed by atoms with Gasteiger partial charge in [-0.3, -0.25) is 0 Å². The number of fused-ring (bicyclic) bond motifs is 1. The van der Waals surface area contributed by atoms with E-state index in [1.807, 2.05) is 22.2 Å². The topological polar surface area (TPSA) is 92.2 Å². The maximum atomic E-state index is 12.9. The average Bonchev–Trinajstić information content (AvgIpc) is 3.41. The number of thiophene rings is 2. The lowest BCUT2D eigenvalue weighted by molar-refractivity contribution is 0.0903. The summed E-state index contributed by atoms with van der Waals surface area (Å²) < 4.78 is 36.4. The van der Waals surface area contributed by atoms with Crippen molar-refractivity contribution < 1.29 is 13.5 Å². The molecule has 0 aliphatic rings. The Morgan fingerprint density at radius 3 is 2.73 bits per heavy atom. The lowest BCUT2D eigenvalue weighted by Gasteiger charge is -2.26. The molecule has 0 aliphatic heterocycles. The van der Waals surface area contributed by atoms with Gasteiger partial charge in [0.2, 0.25) is 10.0 Å². The summed E-state index contributed by atoms with van der Waals surface area (Å²) in [5.41, 5.74) is 0.0840. The van der Waals surface area contributed by atoms with Crippen LogP contribution in [0.3, 0.4) is 0 Å². The number of nitrogens with one attached hydrogen (secondary N) is 1. The predicted octanol–water partition coefficient (Wildman–Crippen LogP) is 3.03. The Kier molecular flexibility index (Phi) is 4.63. The fraction of sp³-hybridized carbons (Fsp3) is 0.125. The van der Waals surface area contributed by atoms with Crippen LogP contribution >= 0.6 is 34.4 Å². The van der Waals surface area contributed by atoms with Gasteiger partial charge in [0.25, 0.3) is 0 Å². The van der Waals surface area contributed by atoms with E-state index < -0.39 is 15.6 Å². The van der Waals surface area contributed by atoms with E-state index in [1.165, 1.54) is 28.7 Å². The Bertz CT molecular complexity index is 1080. The summed E-state index contributed by atoms with van der Waals surface area (Å²) in [5.74, 6) is 0. The van der Waals surface area contributed by atoms with Crippen molar-refractivity contribution in [1.82, 2.24) is 13.5 Å². The van der Waals surface area contributed by atoms with Gasteiger partial charge in [-0.05, 0) is 40.4 Å². The molecule has 0 saturated heterocycles. The molecule has 10 heteroatoms. The van der Waals surface area contributed by atoms with Crippen molar-refractivity contribution in [2.75, 3.05) is 6.54 Å². The van der Waals surface area contributed by atoms with Crippen molar-refractivity contribution in [1.29, 1.82) is 0 Å². The summed E-state index contributed by atoms with van der Waals surface area (Å²) in [5, 5.41) is 16.8. The molecule has 0 bridgehead atoms. The van der Waals surface area contributed by atoms with Crippen LogP contribution in [0, 0.1) is 0 Å². The second kappa shape index (κ2) is 6.80. The summed E-state index contributed by atoms with van der Waals surface area (Å²) in [7, 11) is -3.87. The monoisotopic (exact) mass is 423 g/mol. The highest BCUT2D eigenvalue weighted by molar-refractivity contribution is 7.89. The molecule has 1 atom stereocenters. The maximum absolute atomic E-state index is 12.9. The molecule has 6 nitrogen and oxygen atoms in total. The molecule has 4 rings (SSSR count). The first kappa shape index (κ1) is 17.7. The van der Waals surface area contributed by atoms with Crippen molar-refractivity contribution in [2.45, 2.75) is 10.5 Å². The van der Waals surface area contributed by atoms with Gasteiger partial charge in [0, 0.05) is 17.0 Å². The lowest BCUT2D eigenvalue weighted by Crippen LogP contribution is -2.41. The van der Waals surface area contributed by atoms with E-state index in [2.05, 4.69) is 13.5 Å². The first-order valence-corrected chi connectivity index (χ1v) is 11.5. The highest BCUT2D eigenvalue weighted by Crippen LogP contribution is 2.34. The molecule has 1 aromatic carbocycles. The normalized spacial score (nSPS) is 14.5. The number of sulfonamides is 1. The van der Waals surface area contributed by atoms with Crippen molar-refractivity contribution in [3.05, 3.63) is 63.0 Å². The second-order valence-electron chi connectivity index (χ2n) is 5.56. The number of benzene rings is 1. The summed E-state index contributed by atoms with van der Waals surface area (Å²) in [6.45, 7) is -0.180. The van der Waals surface area contributed by atoms with E-state index in [1.54, 1.807) is 24.3 Å². The molecular weight excluding hydrogens is 410 g/mol. The number of aromatic nitrogens is 2. The standard InChI is InChI=1S/C16H13N3O3S4/c20-16(11-6-8-23-9-11,14-5-2-7-24-14)10-17-26(21,22)13-4-1-3-12-15(13)19-25-18-12/h1-9,17,20H,10H2/t16-/m0/s1. The Morgan fingerprint density at radius 2 is 2.00 bits per heavy atom. The van der Waals surface area contributed by atoms with Crippen LogP contribution in [0.25, 0.3) is 11.0 Å². The largest absolute Gasteiger partial charge is 0.378 e. The highest BCUT2D eigenvalue weighted by atomic mass is 32.2. The zero-order valence-electron chi connectivity index (χ0n) is 13.2. The van der Waals surface area contributed by atoms with Crippen LogP contribution in [0.1, 0.15) is 10.4 Å². The summed E-state index contributed by atoms with van der Waals surface area (Å²) in [6, 6.07) is 10.2. The van der Waals surface area contributed by atoms with Gasteiger partial charge in [0.1, 0.15) is 21.5 Å². The van der Waals surface area contributed by atoms with Crippen LogP contribution < -0.4 is 4.72 Å². The summed E-state index contributed by atoms with van der Waals surface area (Å²) in [6.07, 6.45) is 0. The molecule has 0 saturated carbocycles. The summed E-state index contributed by atoms with van der Waals surface area (Å²) in [4.78, 5) is 0.731. The molecule has 134 valence electrons. The minimum absolute atomic E-state index is 0.0580. The number of rotatable bonds is 6. The fourth-order valence-electron chi connectivity index (χ4n) is 2.62. The van der Waals surface area contributed by atoms with Crippen molar-refractivity contribution in [2.24, 2.45) is 0 Å². The van der Waals surface area contributed by atoms with Crippen LogP contribution in [-0.4, -0.2) is 28.8 Å². The highest BCUT2D eigenvalue weighted by Gasteiger charge is 2.35. The van der Waals surface area contributed by atoms with Crippen LogP contribution in [0.4, 0.5) is 0 Å². The van der Waals surface area contributed by atoms with E-state index in [4.69, 9.17) is 0 Å². The molecule has 2 N–H and O–H groups in total. The Hall–Kier alpha value is -1.69. The Morgan fingerprint density at radius 1 is 1.12 bits per heavy atom. The first-order valence-electron chi connectivity index (χ1n) is 7.51. The number of nitrogens with zero attached hydrogens (tertiary/aromatic N) is 2. The fourth-order valence-corrected chi connectivity index (χ4v) is 6.01. The van der Waals surface area contributed by atoms with Gasteiger partial charge in [0.15, 0.2) is 0 Å². The maximum Gasteiger partial charge on any atom is 0.242 e. The molecule has 0 amide bonds. The Balaban J connectivity index is 1.69. The SMILES string of the molecule is O=S(=O)(NC[C@](O)(c1ccsc1)c1cccs1)c1cccc2nsnc12. The van der Waals surface area contributed by atoms with Crippen molar-refractivity contribution >= 4 is 55.5 Å². The zero-order valence-corrected chi connectivity index (χ0v) is 16.5. The molecule has 0 aliphatic carbocycles. The van der Waals surface area contributed by atoms with Gasteiger partial charge in [0.05, 0.1) is 11.7 Å². The quantitative estimate of drug-likeness (QED) is 0.497. The predicted molar refractivity (Wildman–Crippen MR) is 104 cm³/mol. The molecule has 0 unspecified atom stereocenters. The molecule has 0 spiro atoms. The van der Waals surface area contributed by atoms with E-state index in [0.29, 0.717) is 21.5 Å². The third-order valence-electron chi connectivity index (χ3n) is 3.98. The number of aliphatic hydroxyl groups is 1. The van der Waals surface area contributed by atoms with Crippen molar-refractivity contribution in [3.8, 4) is 0 Å². The molecule has 0 fully saturated rings. The van der Waals surface area contributed by atoms with Crippen LogP contribution in [0.2, 0.25) is 0 Å². The third-order valence-corrected chi connectivity index (χ3v) is 7.66. The van der Waals surface area contributed by atoms with Crippen LogP contribution in [0.5, 0.6) is 0 Å². The molecule has 3 aromatic heterocycles. The smallest absolute Gasteiger partial charge is 0.242 e. The van der Waals surface area contributed by atoms with E-state index >= 15 is 0 Å². The van der Waals surface area contributed by atoms with E-state index in [0.717, 1.165) is 11.7 Å². The van der Waals surface area contributed by atoms with Gasteiger partial charge in [-0.25, -0.2) is 13.1 Å². The molecule has 4 aromatic rings. The van der Waals surface area contributed by atoms with Gasteiger partial charge in [-0.2, -0.15) is 20.1 Å². The van der Waals surface area contributed by atoms with E-state index in [-0.39, 0.29) is 11.4 Å². The average molecular weight is 424 g/mol. The first-order chi connectivity index (χ1) is 12.5. The molecular formula is C16H13N3O3S4. The van der Waals surface area contributed by atoms with Gasteiger partial charge < -0.3 is 5.11 Å². The Labute approximate surface area is 162 Å².